The Morgan fingerprint density at radius 2 is 1.84 bits per heavy atom. The molecule has 0 fully saturated rings. The lowest BCUT2D eigenvalue weighted by Crippen LogP contribution is -2.34. The molecule has 2 N–H and O–H groups in total. The molecule has 1 heterocycles. The molecule has 32 heavy (non-hydrogen) atoms. The van der Waals surface area contributed by atoms with Crippen LogP contribution in [-0.4, -0.2) is 47.6 Å². The van der Waals surface area contributed by atoms with Gasteiger partial charge in [0.15, 0.2) is 0 Å². The summed E-state index contributed by atoms with van der Waals surface area (Å²) >= 11 is 0. The molecular formula is C25H30N4O3. The molecule has 3 aromatic rings. The molecule has 0 aliphatic heterocycles. The Labute approximate surface area is 188 Å². The van der Waals surface area contributed by atoms with Gasteiger partial charge in [0.05, 0.1) is 25.3 Å². The molecule has 7 nitrogen and oxygen atoms in total. The Hall–Kier alpha value is -3.61. The third-order valence-electron chi connectivity index (χ3n) is 5.34. The van der Waals surface area contributed by atoms with Gasteiger partial charge in [0.1, 0.15) is 5.75 Å². The lowest BCUT2D eigenvalue weighted by atomic mass is 10.0. The summed E-state index contributed by atoms with van der Waals surface area (Å²) in [6.45, 7) is 2.08. The van der Waals surface area contributed by atoms with Crippen LogP contribution in [0.15, 0.2) is 60.7 Å². The maximum absolute atomic E-state index is 12.8. The number of aromatic amines is 1. The molecule has 0 saturated carbocycles. The van der Waals surface area contributed by atoms with Crippen molar-refractivity contribution in [2.75, 3.05) is 20.7 Å². The quantitative estimate of drug-likeness (QED) is 0.509. The summed E-state index contributed by atoms with van der Waals surface area (Å²) in [6.07, 6.45) is 1.81. The second-order valence-electron chi connectivity index (χ2n) is 7.79. The molecule has 168 valence electrons. The summed E-state index contributed by atoms with van der Waals surface area (Å²) in [5.74, 6) is 0.539. The Balaban J connectivity index is 1.52. The molecule has 3 rings (SSSR count). The summed E-state index contributed by atoms with van der Waals surface area (Å²) < 4.78 is 5.19. The Bertz CT molecular complexity index is 1020. The van der Waals surface area contributed by atoms with Gasteiger partial charge < -0.3 is 15.0 Å². The van der Waals surface area contributed by atoms with E-state index < -0.39 is 0 Å². The lowest BCUT2D eigenvalue weighted by molar-refractivity contribution is -0.130. The SMILES string of the molecule is COc1ccc(C(CC(=O)N(C)CCCc2cc(-c3ccccc3)n[nH]2)NC(C)=O)cc1. The average Bonchev–Trinajstić information content (AvgIpc) is 3.28. The second-order valence-corrected chi connectivity index (χ2v) is 7.79. The molecule has 0 spiro atoms. The number of ether oxygens (including phenoxy) is 1. The fourth-order valence-corrected chi connectivity index (χ4v) is 3.54. The van der Waals surface area contributed by atoms with E-state index in [-0.39, 0.29) is 24.3 Å². The van der Waals surface area contributed by atoms with Crippen molar-refractivity contribution in [3.05, 3.63) is 71.9 Å². The smallest absolute Gasteiger partial charge is 0.224 e. The van der Waals surface area contributed by atoms with Crippen molar-refractivity contribution in [3.8, 4) is 17.0 Å². The molecule has 7 heteroatoms. The van der Waals surface area contributed by atoms with E-state index in [0.29, 0.717) is 6.54 Å². The minimum atomic E-state index is -0.380. The first kappa shape index (κ1) is 23.1. The number of aromatic nitrogens is 2. The second kappa shape index (κ2) is 11.1. The molecule has 2 amide bonds. The number of hydrogen-bond acceptors (Lipinski definition) is 4. The molecular weight excluding hydrogens is 404 g/mol. The number of amides is 2. The molecule has 1 aromatic heterocycles. The molecule has 0 aliphatic carbocycles. The standard InChI is InChI=1S/C25H30N4O3/c1-18(30)26-23(20-11-13-22(32-3)14-12-20)17-25(31)29(2)15-7-10-21-16-24(28-27-21)19-8-5-4-6-9-19/h4-6,8-9,11-14,16,23H,7,10,15,17H2,1-3H3,(H,26,30)(H,27,28). The van der Waals surface area contributed by atoms with E-state index in [1.54, 1.807) is 19.1 Å². The van der Waals surface area contributed by atoms with Gasteiger partial charge in [-0.05, 0) is 36.6 Å². The van der Waals surface area contributed by atoms with Crippen LogP contribution in [0.25, 0.3) is 11.3 Å². The molecule has 1 unspecified atom stereocenters. The number of H-pyrrole nitrogens is 1. The third kappa shape index (κ3) is 6.44. The van der Waals surface area contributed by atoms with E-state index in [1.807, 2.05) is 60.7 Å². The van der Waals surface area contributed by atoms with E-state index in [0.717, 1.165) is 41.1 Å². The van der Waals surface area contributed by atoms with Crippen LogP contribution in [0.2, 0.25) is 0 Å². The van der Waals surface area contributed by atoms with Crippen molar-refractivity contribution >= 4 is 11.8 Å². The first-order valence-corrected chi connectivity index (χ1v) is 10.7. The molecule has 2 aromatic carbocycles. The van der Waals surface area contributed by atoms with Gasteiger partial charge in [0.2, 0.25) is 11.8 Å². The zero-order chi connectivity index (χ0) is 22.9. The third-order valence-corrected chi connectivity index (χ3v) is 5.34. The number of methoxy groups -OCH3 is 1. The maximum atomic E-state index is 12.8. The van der Waals surface area contributed by atoms with Gasteiger partial charge in [-0.1, -0.05) is 42.5 Å². The molecule has 0 bridgehead atoms. The van der Waals surface area contributed by atoms with Gasteiger partial charge in [-0.3, -0.25) is 14.7 Å². The van der Waals surface area contributed by atoms with Gasteiger partial charge in [-0.2, -0.15) is 5.10 Å². The van der Waals surface area contributed by atoms with Gasteiger partial charge in [0, 0.05) is 31.8 Å². The van der Waals surface area contributed by atoms with Crippen molar-refractivity contribution in [1.82, 2.24) is 20.4 Å². The predicted octanol–water partition coefficient (Wildman–Crippen LogP) is 3.74. The number of rotatable bonds is 10. The fraction of sp³-hybridized carbons (Fsp3) is 0.320. The minimum Gasteiger partial charge on any atom is -0.497 e. The first-order valence-electron chi connectivity index (χ1n) is 10.7. The van der Waals surface area contributed by atoms with Crippen molar-refractivity contribution < 1.29 is 14.3 Å². The number of aryl methyl sites for hydroxylation is 1. The number of carbonyl (C=O) groups excluding carboxylic acids is 2. The highest BCUT2D eigenvalue weighted by Gasteiger charge is 2.19. The monoisotopic (exact) mass is 434 g/mol. The number of benzene rings is 2. The highest BCUT2D eigenvalue weighted by Crippen LogP contribution is 2.21. The summed E-state index contributed by atoms with van der Waals surface area (Å²) in [7, 11) is 3.40. The summed E-state index contributed by atoms with van der Waals surface area (Å²) in [5.41, 5.74) is 3.90. The first-order chi connectivity index (χ1) is 15.5. The van der Waals surface area contributed by atoms with E-state index in [1.165, 1.54) is 6.92 Å². The van der Waals surface area contributed by atoms with Crippen LogP contribution in [0.3, 0.4) is 0 Å². The molecule has 0 radical (unpaired) electrons. The Morgan fingerprint density at radius 1 is 1.12 bits per heavy atom. The predicted molar refractivity (Wildman–Crippen MR) is 124 cm³/mol. The Kier molecular flexibility index (Phi) is 8.02. The normalized spacial score (nSPS) is 11.6. The summed E-state index contributed by atoms with van der Waals surface area (Å²) in [4.78, 5) is 26.2. The van der Waals surface area contributed by atoms with Crippen molar-refractivity contribution in [2.24, 2.45) is 0 Å². The number of hydrogen-bond donors (Lipinski definition) is 2. The number of nitrogens with zero attached hydrogens (tertiary/aromatic N) is 2. The van der Waals surface area contributed by atoms with Gasteiger partial charge in [0.25, 0.3) is 0 Å². The zero-order valence-corrected chi connectivity index (χ0v) is 18.8. The highest BCUT2D eigenvalue weighted by atomic mass is 16.5. The molecule has 0 saturated heterocycles. The van der Waals surface area contributed by atoms with Crippen molar-refractivity contribution in [2.45, 2.75) is 32.2 Å². The minimum absolute atomic E-state index is 0.0193. The highest BCUT2D eigenvalue weighted by molar-refractivity contribution is 5.79. The van der Waals surface area contributed by atoms with Gasteiger partial charge >= 0.3 is 0 Å². The van der Waals surface area contributed by atoms with Gasteiger partial charge in [-0.15, -0.1) is 0 Å². The topological polar surface area (TPSA) is 87.3 Å². The zero-order valence-electron chi connectivity index (χ0n) is 18.8. The maximum Gasteiger partial charge on any atom is 0.224 e. The largest absolute Gasteiger partial charge is 0.497 e. The molecule has 0 aliphatic rings. The summed E-state index contributed by atoms with van der Waals surface area (Å²) in [6, 6.07) is 19.1. The van der Waals surface area contributed by atoms with Crippen LogP contribution in [0.1, 0.15) is 37.1 Å². The summed E-state index contributed by atoms with van der Waals surface area (Å²) in [5, 5.41) is 10.3. The van der Waals surface area contributed by atoms with Crippen molar-refractivity contribution in [1.29, 1.82) is 0 Å². The van der Waals surface area contributed by atoms with E-state index in [4.69, 9.17) is 4.74 Å². The van der Waals surface area contributed by atoms with Crippen LogP contribution in [0.5, 0.6) is 5.75 Å². The van der Waals surface area contributed by atoms with E-state index in [2.05, 4.69) is 15.5 Å². The van der Waals surface area contributed by atoms with Crippen LogP contribution in [0.4, 0.5) is 0 Å². The Morgan fingerprint density at radius 3 is 2.50 bits per heavy atom. The average molecular weight is 435 g/mol. The fourth-order valence-electron chi connectivity index (χ4n) is 3.54. The molecule has 1 atom stereocenters. The van der Waals surface area contributed by atoms with Crippen LogP contribution in [0, 0.1) is 0 Å². The van der Waals surface area contributed by atoms with Crippen molar-refractivity contribution in [3.63, 3.8) is 0 Å². The van der Waals surface area contributed by atoms with E-state index >= 15 is 0 Å². The van der Waals surface area contributed by atoms with Crippen LogP contribution < -0.4 is 10.1 Å². The van der Waals surface area contributed by atoms with Gasteiger partial charge in [-0.25, -0.2) is 0 Å². The lowest BCUT2D eigenvalue weighted by Gasteiger charge is -2.22. The van der Waals surface area contributed by atoms with Crippen LogP contribution >= 0.6 is 0 Å². The number of carbonyl (C=O) groups is 2. The van der Waals surface area contributed by atoms with Crippen LogP contribution in [-0.2, 0) is 16.0 Å². The number of nitrogens with one attached hydrogen (secondary N) is 2. The van der Waals surface area contributed by atoms with E-state index in [9.17, 15) is 9.59 Å².